The molecule has 0 radical (unpaired) electrons. The lowest BCUT2D eigenvalue weighted by molar-refractivity contribution is -0.638. The Hall–Kier alpha value is -2.69. The minimum absolute atomic E-state index is 0.959. The standard InChI is InChI=1S/C25H22NOSSi/c1-15-13-14-17-16-9-5-7-11-19(16)27-22(17)21(15)24-26(2)25-23(28-24)18-10-6-8-12-20(18)29(25,3)4/h5-14H,1-4H3/q+1. The first-order chi connectivity index (χ1) is 14.0. The van der Waals surface area contributed by atoms with Crippen molar-refractivity contribution in [3.63, 3.8) is 0 Å². The molecular weight excluding hydrogens is 390 g/mol. The highest BCUT2D eigenvalue weighted by Crippen LogP contribution is 2.41. The van der Waals surface area contributed by atoms with E-state index in [4.69, 9.17) is 4.42 Å². The van der Waals surface area contributed by atoms with Crippen molar-refractivity contribution in [2.24, 2.45) is 7.05 Å². The maximum Gasteiger partial charge on any atom is 0.273 e. The zero-order chi connectivity index (χ0) is 19.9. The van der Waals surface area contributed by atoms with Crippen LogP contribution < -0.4 is 15.1 Å². The van der Waals surface area contributed by atoms with Gasteiger partial charge in [-0.05, 0) is 29.3 Å². The van der Waals surface area contributed by atoms with Crippen molar-refractivity contribution in [3.8, 4) is 21.0 Å². The molecule has 2 aromatic heterocycles. The molecule has 0 N–H and O–H groups in total. The summed E-state index contributed by atoms with van der Waals surface area (Å²) < 4.78 is 8.86. The molecule has 3 heterocycles. The van der Waals surface area contributed by atoms with Crippen molar-refractivity contribution >= 4 is 51.9 Å². The summed E-state index contributed by atoms with van der Waals surface area (Å²) in [6.07, 6.45) is 0. The monoisotopic (exact) mass is 412 g/mol. The number of para-hydroxylation sites is 1. The molecule has 0 fully saturated rings. The van der Waals surface area contributed by atoms with Gasteiger partial charge < -0.3 is 4.42 Å². The Morgan fingerprint density at radius 1 is 0.897 bits per heavy atom. The van der Waals surface area contributed by atoms with Gasteiger partial charge in [-0.1, -0.05) is 79.0 Å². The zero-order valence-electron chi connectivity index (χ0n) is 17.0. The second kappa shape index (κ2) is 5.68. The molecule has 142 valence electrons. The molecular formula is C25H22NOSSi+. The van der Waals surface area contributed by atoms with Gasteiger partial charge in [-0.3, -0.25) is 0 Å². The number of fused-ring (bicyclic) bond motifs is 6. The Morgan fingerprint density at radius 3 is 2.52 bits per heavy atom. The molecule has 0 spiro atoms. The Balaban J connectivity index is 1.71. The van der Waals surface area contributed by atoms with Crippen LogP contribution >= 0.6 is 11.3 Å². The van der Waals surface area contributed by atoms with Gasteiger partial charge in [-0.15, -0.1) is 0 Å². The zero-order valence-corrected chi connectivity index (χ0v) is 18.9. The van der Waals surface area contributed by atoms with Crippen LogP contribution in [0.3, 0.4) is 0 Å². The largest absolute Gasteiger partial charge is 0.455 e. The van der Waals surface area contributed by atoms with Crippen LogP contribution in [0.15, 0.2) is 65.1 Å². The molecule has 5 aromatic rings. The number of aryl methyl sites for hydroxylation is 1. The second-order valence-electron chi connectivity index (χ2n) is 8.55. The summed E-state index contributed by atoms with van der Waals surface area (Å²) >= 11 is 1.92. The van der Waals surface area contributed by atoms with E-state index in [1.54, 1.807) is 5.19 Å². The highest BCUT2D eigenvalue weighted by atomic mass is 32.1. The van der Waals surface area contributed by atoms with E-state index in [0.29, 0.717) is 0 Å². The number of furan rings is 1. The van der Waals surface area contributed by atoms with E-state index in [1.807, 2.05) is 17.4 Å². The second-order valence-corrected chi connectivity index (χ2v) is 13.8. The summed E-state index contributed by atoms with van der Waals surface area (Å²) in [5, 5.41) is 6.78. The Labute approximate surface area is 175 Å². The van der Waals surface area contributed by atoms with Gasteiger partial charge in [0.25, 0.3) is 5.01 Å². The lowest BCUT2D eigenvalue weighted by Gasteiger charge is -2.14. The molecule has 1 aliphatic heterocycles. The summed E-state index contributed by atoms with van der Waals surface area (Å²) in [4.78, 5) is 1.45. The lowest BCUT2D eigenvalue weighted by Crippen LogP contribution is -2.62. The smallest absolute Gasteiger partial charge is 0.273 e. The Bertz CT molecular complexity index is 1460. The van der Waals surface area contributed by atoms with Crippen LogP contribution in [-0.4, -0.2) is 8.07 Å². The van der Waals surface area contributed by atoms with Gasteiger partial charge in [0.15, 0.2) is 19.0 Å². The quantitative estimate of drug-likeness (QED) is 0.271. The van der Waals surface area contributed by atoms with Gasteiger partial charge in [0.05, 0.1) is 0 Å². The molecule has 29 heavy (non-hydrogen) atoms. The summed E-state index contributed by atoms with van der Waals surface area (Å²) in [5.74, 6) is 0. The van der Waals surface area contributed by atoms with E-state index in [1.165, 1.54) is 42.7 Å². The van der Waals surface area contributed by atoms with Crippen LogP contribution in [0.25, 0.3) is 43.0 Å². The predicted molar refractivity (Wildman–Crippen MR) is 125 cm³/mol. The average Bonchev–Trinajstić information content (AvgIpc) is 3.32. The van der Waals surface area contributed by atoms with Crippen LogP contribution in [0.1, 0.15) is 5.56 Å². The van der Waals surface area contributed by atoms with Gasteiger partial charge in [0, 0.05) is 10.8 Å². The van der Waals surface area contributed by atoms with Crippen molar-refractivity contribution in [3.05, 3.63) is 66.2 Å². The highest BCUT2D eigenvalue weighted by molar-refractivity contribution is 7.22. The summed E-state index contributed by atoms with van der Waals surface area (Å²) in [5.41, 5.74) is 5.90. The number of aromatic nitrogens is 1. The molecule has 0 atom stereocenters. The van der Waals surface area contributed by atoms with Crippen molar-refractivity contribution in [2.75, 3.05) is 0 Å². The van der Waals surface area contributed by atoms with E-state index >= 15 is 0 Å². The van der Waals surface area contributed by atoms with Crippen molar-refractivity contribution in [2.45, 2.75) is 20.0 Å². The normalized spacial score (nSPS) is 14.5. The average molecular weight is 413 g/mol. The molecule has 1 aliphatic rings. The third-order valence-electron chi connectivity index (χ3n) is 6.46. The number of hydrogen-bond donors (Lipinski definition) is 0. The van der Waals surface area contributed by atoms with E-state index in [2.05, 4.69) is 86.2 Å². The number of hydrogen-bond acceptors (Lipinski definition) is 2. The van der Waals surface area contributed by atoms with Gasteiger partial charge >= 0.3 is 0 Å². The number of nitrogens with zero attached hydrogens (tertiary/aromatic N) is 1. The summed E-state index contributed by atoms with van der Waals surface area (Å²) in [6, 6.07) is 21.8. The third-order valence-corrected chi connectivity index (χ3v) is 11.5. The first-order valence-electron chi connectivity index (χ1n) is 10.0. The van der Waals surface area contributed by atoms with Gasteiger partial charge in [0.2, 0.25) is 0 Å². The van der Waals surface area contributed by atoms with Crippen LogP contribution in [-0.2, 0) is 7.05 Å². The first-order valence-corrected chi connectivity index (χ1v) is 13.8. The topological polar surface area (TPSA) is 17.0 Å². The minimum atomic E-state index is -1.71. The maximum absolute atomic E-state index is 6.40. The van der Waals surface area contributed by atoms with Crippen LogP contribution in [0.4, 0.5) is 0 Å². The van der Waals surface area contributed by atoms with E-state index in [9.17, 15) is 0 Å². The molecule has 0 saturated heterocycles. The number of rotatable bonds is 1. The first kappa shape index (κ1) is 17.2. The van der Waals surface area contributed by atoms with Crippen LogP contribution in [0.2, 0.25) is 13.1 Å². The molecule has 2 nitrogen and oxygen atoms in total. The van der Waals surface area contributed by atoms with E-state index in [-0.39, 0.29) is 0 Å². The fourth-order valence-electron chi connectivity index (χ4n) is 5.08. The van der Waals surface area contributed by atoms with Gasteiger partial charge in [-0.25, -0.2) is 0 Å². The summed E-state index contributed by atoms with van der Waals surface area (Å²) in [6.45, 7) is 7.15. The number of thiazole rings is 1. The highest BCUT2D eigenvalue weighted by Gasteiger charge is 2.48. The van der Waals surface area contributed by atoms with Crippen LogP contribution in [0, 0.1) is 6.92 Å². The molecule has 4 heteroatoms. The molecule has 3 aromatic carbocycles. The fourth-order valence-corrected chi connectivity index (χ4v) is 10.8. The van der Waals surface area contributed by atoms with E-state index in [0.717, 1.165) is 11.2 Å². The van der Waals surface area contributed by atoms with Crippen molar-refractivity contribution in [1.82, 2.24) is 0 Å². The van der Waals surface area contributed by atoms with Gasteiger partial charge in [0.1, 0.15) is 23.1 Å². The Morgan fingerprint density at radius 2 is 1.66 bits per heavy atom. The molecule has 0 bridgehead atoms. The lowest BCUT2D eigenvalue weighted by atomic mass is 10.0. The van der Waals surface area contributed by atoms with Gasteiger partial charge in [-0.2, -0.15) is 4.57 Å². The predicted octanol–water partition coefficient (Wildman–Crippen LogP) is 5.25. The summed E-state index contributed by atoms with van der Waals surface area (Å²) in [7, 11) is 0.530. The molecule has 6 rings (SSSR count). The SMILES string of the molecule is Cc1ccc2c(oc3ccccc32)c1-c1sc2c([n+]1C)[Si](C)(C)c1ccccc1-2. The van der Waals surface area contributed by atoms with Crippen molar-refractivity contribution < 1.29 is 8.98 Å². The Kier molecular flexibility index (Phi) is 3.37. The third kappa shape index (κ3) is 2.13. The fraction of sp³-hybridized carbons (Fsp3) is 0.160. The van der Waals surface area contributed by atoms with E-state index < -0.39 is 8.07 Å². The molecule has 0 aliphatic carbocycles. The molecule has 0 saturated carbocycles. The van der Waals surface area contributed by atoms with Crippen LogP contribution in [0.5, 0.6) is 0 Å². The number of benzene rings is 3. The van der Waals surface area contributed by atoms with Crippen molar-refractivity contribution in [1.29, 1.82) is 0 Å². The minimum Gasteiger partial charge on any atom is -0.455 e. The molecule has 0 amide bonds. The molecule has 0 unspecified atom stereocenters. The maximum atomic E-state index is 6.40.